The van der Waals surface area contributed by atoms with Gasteiger partial charge in [-0.15, -0.1) is 0 Å². The van der Waals surface area contributed by atoms with Crippen molar-refractivity contribution in [2.45, 2.75) is 13.0 Å². The van der Waals surface area contributed by atoms with Crippen molar-refractivity contribution in [2.24, 2.45) is 0 Å². The summed E-state index contributed by atoms with van der Waals surface area (Å²) in [5.41, 5.74) is 1.72. The molecule has 0 saturated heterocycles. The van der Waals surface area contributed by atoms with Crippen molar-refractivity contribution in [1.29, 1.82) is 0 Å². The first-order valence-electron chi connectivity index (χ1n) is 8.53. The number of hydrogen-bond acceptors (Lipinski definition) is 6. The van der Waals surface area contributed by atoms with Gasteiger partial charge in [-0.3, -0.25) is 0 Å². The molecule has 0 aromatic heterocycles. The smallest absolute Gasteiger partial charge is 0.414 e. The van der Waals surface area contributed by atoms with Crippen LogP contribution in [0.5, 0.6) is 17.2 Å². The van der Waals surface area contributed by atoms with Gasteiger partial charge >= 0.3 is 11.9 Å². The number of nitrogens with one attached hydrogen (secondary N) is 1. The molecule has 0 fully saturated rings. The van der Waals surface area contributed by atoms with Gasteiger partial charge in [0.2, 0.25) is 5.75 Å². The van der Waals surface area contributed by atoms with Gasteiger partial charge in [-0.05, 0) is 42.3 Å². The first-order chi connectivity index (χ1) is 13.8. The average Bonchev–Trinajstić information content (AvgIpc) is 2.71. The molecule has 0 aliphatic heterocycles. The van der Waals surface area contributed by atoms with Gasteiger partial charge in [-0.25, -0.2) is 14.0 Å². The molecule has 0 heterocycles. The van der Waals surface area contributed by atoms with Gasteiger partial charge in [0.1, 0.15) is 5.82 Å². The van der Waals surface area contributed by atoms with Crippen molar-refractivity contribution < 1.29 is 38.4 Å². The number of benzene rings is 2. The number of halogens is 1. The van der Waals surface area contributed by atoms with Crippen LogP contribution in [0.2, 0.25) is 0 Å². The van der Waals surface area contributed by atoms with Crippen LogP contribution in [0, 0.1) is 5.82 Å². The summed E-state index contributed by atoms with van der Waals surface area (Å²) in [5.74, 6) is -1.99. The van der Waals surface area contributed by atoms with Crippen molar-refractivity contribution in [3.05, 3.63) is 53.3 Å². The first kappa shape index (κ1) is 23.7. The molecule has 8 nitrogen and oxygen atoms in total. The molecule has 3 N–H and O–H groups in total. The summed E-state index contributed by atoms with van der Waals surface area (Å²) in [6.45, 7) is 1.31. The van der Waals surface area contributed by atoms with Crippen molar-refractivity contribution >= 4 is 11.9 Å². The summed E-state index contributed by atoms with van der Waals surface area (Å²) in [7, 11) is 4.76. The zero-order valence-corrected chi connectivity index (χ0v) is 16.4. The summed E-state index contributed by atoms with van der Waals surface area (Å²) in [4.78, 5) is 18.2. The van der Waals surface area contributed by atoms with E-state index in [1.54, 1.807) is 33.5 Å². The number of carbonyl (C=O) groups is 2. The Balaban J connectivity index is 0.000000612. The molecule has 0 aliphatic rings. The largest absolute Gasteiger partial charge is 0.493 e. The molecule has 2 rings (SSSR count). The Morgan fingerprint density at radius 3 is 1.97 bits per heavy atom. The number of hydrogen-bond donors (Lipinski definition) is 3. The van der Waals surface area contributed by atoms with E-state index in [2.05, 4.69) is 5.32 Å². The lowest BCUT2D eigenvalue weighted by atomic mass is 10.1. The monoisotopic (exact) mass is 409 g/mol. The van der Waals surface area contributed by atoms with Crippen LogP contribution >= 0.6 is 0 Å². The van der Waals surface area contributed by atoms with E-state index in [4.69, 9.17) is 34.0 Å². The van der Waals surface area contributed by atoms with Crippen LogP contribution < -0.4 is 19.5 Å². The highest BCUT2D eigenvalue weighted by molar-refractivity contribution is 6.27. The first-order valence-corrected chi connectivity index (χ1v) is 8.53. The molecule has 9 heteroatoms. The molecule has 0 saturated carbocycles. The van der Waals surface area contributed by atoms with Crippen LogP contribution in [0.1, 0.15) is 11.1 Å². The van der Waals surface area contributed by atoms with Gasteiger partial charge in [0.15, 0.2) is 11.5 Å². The van der Waals surface area contributed by atoms with Crippen molar-refractivity contribution in [3.63, 3.8) is 0 Å². The van der Waals surface area contributed by atoms with Gasteiger partial charge in [-0.2, -0.15) is 0 Å². The van der Waals surface area contributed by atoms with Crippen LogP contribution in [-0.4, -0.2) is 50.0 Å². The lowest BCUT2D eigenvalue weighted by Gasteiger charge is -2.14. The molecule has 0 atom stereocenters. The van der Waals surface area contributed by atoms with E-state index in [9.17, 15) is 4.39 Å². The van der Waals surface area contributed by atoms with Gasteiger partial charge in [-0.1, -0.05) is 18.2 Å². The van der Waals surface area contributed by atoms with Gasteiger partial charge in [0, 0.05) is 6.54 Å². The van der Waals surface area contributed by atoms with Crippen molar-refractivity contribution in [2.75, 3.05) is 27.9 Å². The fourth-order valence-electron chi connectivity index (χ4n) is 2.39. The molecule has 2 aromatic rings. The summed E-state index contributed by atoms with van der Waals surface area (Å²) >= 11 is 0. The molecule has 0 amide bonds. The Labute approximate surface area is 167 Å². The fourth-order valence-corrected chi connectivity index (χ4v) is 2.39. The third kappa shape index (κ3) is 7.67. The standard InChI is InChI=1S/C18H22FNO3.C2H2O4/c1-21-16-10-13(11-17(22-2)18(16)23-3)12-20-9-8-14-6-4-5-7-15(14)19;3-1(4)2(5)6/h4-7,10-11,20H,8-9,12H2,1-3H3;(H,3,4)(H,5,6). The highest BCUT2D eigenvalue weighted by atomic mass is 19.1. The molecule has 2 aromatic carbocycles. The van der Waals surface area contributed by atoms with Gasteiger partial charge < -0.3 is 29.7 Å². The number of methoxy groups -OCH3 is 3. The Kier molecular flexibility index (Phi) is 9.97. The van der Waals surface area contributed by atoms with E-state index in [1.165, 1.54) is 6.07 Å². The molecular formula is C20H24FNO7. The molecule has 0 unspecified atom stereocenters. The highest BCUT2D eigenvalue weighted by Gasteiger charge is 2.12. The maximum absolute atomic E-state index is 13.5. The van der Waals surface area contributed by atoms with E-state index in [1.807, 2.05) is 18.2 Å². The zero-order valence-electron chi connectivity index (χ0n) is 16.4. The molecular weight excluding hydrogens is 385 g/mol. The van der Waals surface area contributed by atoms with E-state index >= 15 is 0 Å². The summed E-state index contributed by atoms with van der Waals surface area (Å²) < 4.78 is 29.5. The topological polar surface area (TPSA) is 114 Å². The lowest BCUT2D eigenvalue weighted by Crippen LogP contribution is -2.17. The Hall–Kier alpha value is -3.33. The third-order valence-corrected chi connectivity index (χ3v) is 3.77. The summed E-state index contributed by atoms with van der Waals surface area (Å²) in [6.07, 6.45) is 0.636. The Morgan fingerprint density at radius 1 is 0.966 bits per heavy atom. The quantitative estimate of drug-likeness (QED) is 0.450. The second-order valence-corrected chi connectivity index (χ2v) is 5.66. The van der Waals surface area contributed by atoms with E-state index < -0.39 is 11.9 Å². The van der Waals surface area contributed by atoms with Crippen LogP contribution in [0.4, 0.5) is 4.39 Å². The van der Waals surface area contributed by atoms with E-state index in [0.717, 1.165) is 5.56 Å². The van der Waals surface area contributed by atoms with E-state index in [-0.39, 0.29) is 5.82 Å². The van der Waals surface area contributed by atoms with Crippen LogP contribution in [0.25, 0.3) is 0 Å². The van der Waals surface area contributed by atoms with Crippen LogP contribution in [0.3, 0.4) is 0 Å². The third-order valence-electron chi connectivity index (χ3n) is 3.77. The second-order valence-electron chi connectivity index (χ2n) is 5.66. The van der Waals surface area contributed by atoms with Crippen LogP contribution in [-0.2, 0) is 22.6 Å². The predicted octanol–water partition coefficient (Wildman–Crippen LogP) is 2.34. The van der Waals surface area contributed by atoms with E-state index in [0.29, 0.717) is 42.3 Å². The molecule has 0 spiro atoms. The summed E-state index contributed by atoms with van der Waals surface area (Å²) in [5, 5.41) is 18.1. The minimum Gasteiger partial charge on any atom is -0.493 e. The maximum atomic E-state index is 13.5. The Bertz CT molecular complexity index is 789. The normalized spacial score (nSPS) is 9.79. The summed E-state index contributed by atoms with van der Waals surface area (Å²) in [6, 6.07) is 10.6. The zero-order chi connectivity index (χ0) is 21.8. The molecule has 0 radical (unpaired) electrons. The molecule has 158 valence electrons. The molecule has 0 aliphatic carbocycles. The minimum absolute atomic E-state index is 0.165. The highest BCUT2D eigenvalue weighted by Crippen LogP contribution is 2.38. The van der Waals surface area contributed by atoms with Crippen LogP contribution in [0.15, 0.2) is 36.4 Å². The molecule has 0 bridgehead atoms. The predicted molar refractivity (Wildman–Crippen MR) is 103 cm³/mol. The maximum Gasteiger partial charge on any atom is 0.414 e. The number of aliphatic carboxylic acids is 2. The van der Waals surface area contributed by atoms with Gasteiger partial charge in [0.05, 0.1) is 21.3 Å². The minimum atomic E-state index is -1.82. The molecule has 29 heavy (non-hydrogen) atoms. The lowest BCUT2D eigenvalue weighted by molar-refractivity contribution is -0.159. The number of carboxylic acid groups (broad SMARTS) is 2. The Morgan fingerprint density at radius 2 is 1.52 bits per heavy atom. The fraction of sp³-hybridized carbons (Fsp3) is 0.300. The van der Waals surface area contributed by atoms with Gasteiger partial charge in [0.25, 0.3) is 0 Å². The van der Waals surface area contributed by atoms with Crippen molar-refractivity contribution in [3.8, 4) is 17.2 Å². The average molecular weight is 409 g/mol. The number of carboxylic acids is 2. The number of rotatable bonds is 8. The SMILES string of the molecule is COc1cc(CNCCc2ccccc2F)cc(OC)c1OC.O=C(O)C(=O)O. The van der Waals surface area contributed by atoms with Crippen molar-refractivity contribution in [1.82, 2.24) is 5.32 Å². The number of ether oxygens (including phenoxy) is 3. The second kappa shape index (κ2) is 12.2.